The zero-order chi connectivity index (χ0) is 15.8. The van der Waals surface area contributed by atoms with Gasteiger partial charge in [-0.25, -0.2) is 0 Å². The highest BCUT2D eigenvalue weighted by atomic mass is 35.5. The summed E-state index contributed by atoms with van der Waals surface area (Å²) < 4.78 is 0. The lowest BCUT2D eigenvalue weighted by Crippen LogP contribution is -2.30. The van der Waals surface area contributed by atoms with E-state index in [9.17, 15) is 9.59 Å². The van der Waals surface area contributed by atoms with Crippen molar-refractivity contribution in [2.24, 2.45) is 0 Å². The van der Waals surface area contributed by atoms with Crippen LogP contribution >= 0.6 is 11.6 Å². The van der Waals surface area contributed by atoms with Crippen molar-refractivity contribution in [2.45, 2.75) is 13.0 Å². The van der Waals surface area contributed by atoms with Gasteiger partial charge in [-0.3, -0.25) is 14.6 Å². The van der Waals surface area contributed by atoms with Crippen LogP contribution in [0.4, 0.5) is 0 Å². The number of hydrogen-bond acceptors (Lipinski definition) is 3. The van der Waals surface area contributed by atoms with Crippen LogP contribution in [0.1, 0.15) is 22.5 Å². The number of nitrogens with one attached hydrogen (secondary N) is 2. The molecule has 2 amide bonds. The molecule has 0 unspecified atom stereocenters. The standard InChI is InChI=1S/C16H16ClN3O2/c17-14-7-2-1-6-13(14)16(22)19-10-8-15(21)20-11-12-5-3-4-9-18-12/h1-7,9H,8,10-11H2,(H,19,22)(H,20,21). The molecule has 5 nitrogen and oxygen atoms in total. The smallest absolute Gasteiger partial charge is 0.252 e. The van der Waals surface area contributed by atoms with E-state index < -0.39 is 0 Å². The summed E-state index contributed by atoms with van der Waals surface area (Å²) in [5.41, 5.74) is 1.19. The van der Waals surface area contributed by atoms with Crippen LogP contribution < -0.4 is 10.6 Å². The van der Waals surface area contributed by atoms with E-state index in [4.69, 9.17) is 11.6 Å². The number of carbonyl (C=O) groups excluding carboxylic acids is 2. The molecule has 0 bridgehead atoms. The molecule has 2 aromatic rings. The Balaban J connectivity index is 1.71. The monoisotopic (exact) mass is 317 g/mol. The highest BCUT2D eigenvalue weighted by Gasteiger charge is 2.09. The molecular weight excluding hydrogens is 302 g/mol. The molecule has 0 radical (unpaired) electrons. The number of aromatic nitrogens is 1. The maximum Gasteiger partial charge on any atom is 0.252 e. The van der Waals surface area contributed by atoms with E-state index in [0.717, 1.165) is 5.69 Å². The Morgan fingerprint density at radius 3 is 2.55 bits per heavy atom. The molecule has 1 aromatic heterocycles. The Morgan fingerprint density at radius 1 is 1.05 bits per heavy atom. The molecular formula is C16H16ClN3O2. The number of benzene rings is 1. The van der Waals surface area contributed by atoms with Crippen LogP contribution in [0.2, 0.25) is 5.02 Å². The highest BCUT2D eigenvalue weighted by molar-refractivity contribution is 6.33. The molecule has 0 aliphatic heterocycles. The summed E-state index contributed by atoms with van der Waals surface area (Å²) in [6.07, 6.45) is 1.87. The van der Waals surface area contributed by atoms with Gasteiger partial charge in [-0.1, -0.05) is 29.8 Å². The molecule has 0 atom stereocenters. The van der Waals surface area contributed by atoms with Crippen molar-refractivity contribution < 1.29 is 9.59 Å². The maximum absolute atomic E-state index is 11.9. The maximum atomic E-state index is 11.9. The number of amides is 2. The fourth-order valence-corrected chi connectivity index (χ4v) is 2.03. The molecule has 22 heavy (non-hydrogen) atoms. The summed E-state index contributed by atoms with van der Waals surface area (Å²) >= 11 is 5.93. The van der Waals surface area contributed by atoms with Crippen LogP contribution in [0.25, 0.3) is 0 Å². The molecule has 0 saturated heterocycles. The quantitative estimate of drug-likeness (QED) is 0.857. The SMILES string of the molecule is O=C(CCNC(=O)c1ccccc1Cl)NCc1ccccn1. The first-order valence-corrected chi connectivity index (χ1v) is 7.24. The minimum Gasteiger partial charge on any atom is -0.351 e. The molecule has 0 saturated carbocycles. The number of halogens is 1. The Bertz CT molecular complexity index is 647. The molecule has 0 aliphatic rings. The van der Waals surface area contributed by atoms with E-state index in [-0.39, 0.29) is 24.8 Å². The Morgan fingerprint density at radius 2 is 1.82 bits per heavy atom. The van der Waals surface area contributed by atoms with E-state index in [1.165, 1.54) is 0 Å². The molecule has 1 heterocycles. The van der Waals surface area contributed by atoms with Gasteiger partial charge < -0.3 is 10.6 Å². The number of pyridine rings is 1. The number of rotatable bonds is 6. The predicted octanol–water partition coefficient (Wildman–Crippen LogP) is 2.17. The van der Waals surface area contributed by atoms with Crippen LogP contribution in [-0.4, -0.2) is 23.3 Å². The van der Waals surface area contributed by atoms with Crippen molar-refractivity contribution in [1.29, 1.82) is 0 Å². The second-order valence-corrected chi connectivity index (χ2v) is 4.99. The van der Waals surface area contributed by atoms with Crippen molar-refractivity contribution >= 4 is 23.4 Å². The van der Waals surface area contributed by atoms with Gasteiger partial charge in [-0.05, 0) is 24.3 Å². The normalized spacial score (nSPS) is 10.0. The van der Waals surface area contributed by atoms with Crippen LogP contribution in [0.5, 0.6) is 0 Å². The second-order valence-electron chi connectivity index (χ2n) is 4.58. The fourth-order valence-electron chi connectivity index (χ4n) is 1.81. The second kappa shape index (κ2) is 8.14. The molecule has 2 N–H and O–H groups in total. The predicted molar refractivity (Wildman–Crippen MR) is 84.5 cm³/mol. The third kappa shape index (κ3) is 4.86. The summed E-state index contributed by atoms with van der Waals surface area (Å²) in [6, 6.07) is 12.3. The lowest BCUT2D eigenvalue weighted by molar-refractivity contribution is -0.121. The van der Waals surface area contributed by atoms with Crippen LogP contribution in [0.3, 0.4) is 0 Å². The van der Waals surface area contributed by atoms with E-state index in [0.29, 0.717) is 17.1 Å². The number of nitrogens with zero attached hydrogens (tertiary/aromatic N) is 1. The van der Waals surface area contributed by atoms with Crippen LogP contribution in [0.15, 0.2) is 48.7 Å². The van der Waals surface area contributed by atoms with Gasteiger partial charge in [0.2, 0.25) is 5.91 Å². The summed E-state index contributed by atoms with van der Waals surface area (Å²) in [6.45, 7) is 0.621. The molecule has 1 aromatic carbocycles. The van der Waals surface area contributed by atoms with Gasteiger partial charge in [0.25, 0.3) is 5.91 Å². The molecule has 0 aliphatic carbocycles. The first-order chi connectivity index (χ1) is 10.7. The molecule has 114 valence electrons. The average Bonchev–Trinajstić information content (AvgIpc) is 2.54. The van der Waals surface area contributed by atoms with Crippen molar-refractivity contribution in [3.05, 3.63) is 64.9 Å². The first kappa shape index (κ1) is 16.0. The van der Waals surface area contributed by atoms with E-state index >= 15 is 0 Å². The summed E-state index contributed by atoms with van der Waals surface area (Å²) in [5, 5.41) is 5.80. The van der Waals surface area contributed by atoms with E-state index in [1.807, 2.05) is 18.2 Å². The summed E-state index contributed by atoms with van der Waals surface area (Å²) in [5.74, 6) is -0.437. The van der Waals surface area contributed by atoms with Gasteiger partial charge in [0.15, 0.2) is 0 Å². The molecule has 6 heteroatoms. The molecule has 2 rings (SSSR count). The van der Waals surface area contributed by atoms with Crippen molar-refractivity contribution in [2.75, 3.05) is 6.54 Å². The van der Waals surface area contributed by atoms with Gasteiger partial charge >= 0.3 is 0 Å². The minimum atomic E-state index is -0.289. The van der Waals surface area contributed by atoms with E-state index in [1.54, 1.807) is 30.5 Å². The topological polar surface area (TPSA) is 71.1 Å². The minimum absolute atomic E-state index is 0.148. The third-order valence-electron chi connectivity index (χ3n) is 2.95. The van der Waals surface area contributed by atoms with Crippen LogP contribution in [-0.2, 0) is 11.3 Å². The fraction of sp³-hybridized carbons (Fsp3) is 0.188. The first-order valence-electron chi connectivity index (χ1n) is 6.86. The third-order valence-corrected chi connectivity index (χ3v) is 3.28. The summed E-state index contributed by atoms with van der Waals surface area (Å²) in [4.78, 5) is 27.7. The van der Waals surface area contributed by atoms with Crippen molar-refractivity contribution in [3.8, 4) is 0 Å². The van der Waals surface area contributed by atoms with Crippen LogP contribution in [0, 0.1) is 0 Å². The Hall–Kier alpha value is -2.40. The number of carbonyl (C=O) groups is 2. The largest absolute Gasteiger partial charge is 0.351 e. The van der Waals surface area contributed by atoms with Gasteiger partial charge in [-0.15, -0.1) is 0 Å². The zero-order valence-corrected chi connectivity index (χ0v) is 12.6. The lowest BCUT2D eigenvalue weighted by Gasteiger charge is -2.07. The van der Waals surface area contributed by atoms with Gasteiger partial charge in [0.05, 0.1) is 22.8 Å². The van der Waals surface area contributed by atoms with Crippen molar-refractivity contribution in [1.82, 2.24) is 15.6 Å². The van der Waals surface area contributed by atoms with Crippen molar-refractivity contribution in [3.63, 3.8) is 0 Å². The van der Waals surface area contributed by atoms with Gasteiger partial charge in [0.1, 0.15) is 0 Å². The van der Waals surface area contributed by atoms with Gasteiger partial charge in [-0.2, -0.15) is 0 Å². The number of hydrogen-bond donors (Lipinski definition) is 2. The zero-order valence-electron chi connectivity index (χ0n) is 11.9. The molecule has 0 spiro atoms. The highest BCUT2D eigenvalue weighted by Crippen LogP contribution is 2.14. The average molecular weight is 318 g/mol. The Kier molecular flexibility index (Phi) is 5.91. The molecule has 0 fully saturated rings. The van der Waals surface area contributed by atoms with E-state index in [2.05, 4.69) is 15.6 Å². The Labute approximate surface area is 133 Å². The summed E-state index contributed by atoms with van der Waals surface area (Å²) in [7, 11) is 0. The lowest BCUT2D eigenvalue weighted by atomic mass is 10.2. The van der Waals surface area contributed by atoms with Gasteiger partial charge in [0, 0.05) is 19.2 Å².